The van der Waals surface area contributed by atoms with Crippen molar-refractivity contribution >= 4 is 19.7 Å². The van der Waals surface area contributed by atoms with Gasteiger partial charge in [0.25, 0.3) is 0 Å². The summed E-state index contributed by atoms with van der Waals surface area (Å²) in [5.74, 6) is -1.19. The van der Waals surface area contributed by atoms with Crippen LogP contribution >= 0.6 is 7.75 Å². The second-order valence-electron chi connectivity index (χ2n) is 8.06. The molecule has 0 bridgehead atoms. The van der Waals surface area contributed by atoms with E-state index in [1.54, 1.807) is 41.5 Å². The Morgan fingerprint density at radius 3 is 1.37 bits per heavy atom. The number of ether oxygens (including phenoxy) is 2. The summed E-state index contributed by atoms with van der Waals surface area (Å²) in [4.78, 5) is 23.5. The average Bonchev–Trinajstić information content (AvgIpc) is 2.42. The van der Waals surface area contributed by atoms with Gasteiger partial charge in [0.1, 0.15) is 23.3 Å². The lowest BCUT2D eigenvalue weighted by Crippen LogP contribution is -2.38. The van der Waals surface area contributed by atoms with E-state index >= 15 is 0 Å². The Labute approximate surface area is 161 Å². The lowest BCUT2D eigenvalue weighted by atomic mass is 10.2. The van der Waals surface area contributed by atoms with Gasteiger partial charge in [0.15, 0.2) is 0 Å². The molecule has 0 fully saturated rings. The van der Waals surface area contributed by atoms with Gasteiger partial charge in [-0.2, -0.15) is 0 Å². The van der Waals surface area contributed by atoms with Crippen LogP contribution in [0.2, 0.25) is 0 Å². The number of rotatable bonds is 10. The van der Waals surface area contributed by atoms with Crippen molar-refractivity contribution in [3.05, 3.63) is 0 Å². The monoisotopic (exact) mass is 411 g/mol. The summed E-state index contributed by atoms with van der Waals surface area (Å²) in [6.45, 7) is 10.0. The van der Waals surface area contributed by atoms with E-state index in [1.165, 1.54) is 0 Å². The molecule has 160 valence electrons. The van der Waals surface area contributed by atoms with E-state index in [0.717, 1.165) is 0 Å². The standard InChI is InChI=1S/C16H34N3O7P/c1-15(2,3)25-13(20)11(17)7-9-23-27(19,22)24-10-8-12(18)14(21)26-16(4,5)6/h11-12H,7-10,17-18H2,1-6H3,(H2,19,22). The SMILES string of the molecule is CC(C)(C)OC(=O)C(N)CCOP(N)(=O)OCCC(N)C(=O)OC(C)(C)C. The molecule has 0 aliphatic rings. The van der Waals surface area contributed by atoms with Gasteiger partial charge in [0.2, 0.25) is 0 Å². The zero-order valence-electron chi connectivity index (χ0n) is 17.0. The predicted molar refractivity (Wildman–Crippen MR) is 101 cm³/mol. The molecule has 6 N–H and O–H groups in total. The highest BCUT2D eigenvalue weighted by atomic mass is 31.2. The average molecular weight is 411 g/mol. The molecule has 11 heteroatoms. The van der Waals surface area contributed by atoms with E-state index in [0.29, 0.717) is 0 Å². The third-order valence-corrected chi connectivity index (χ3v) is 3.90. The van der Waals surface area contributed by atoms with Gasteiger partial charge in [-0.1, -0.05) is 0 Å². The van der Waals surface area contributed by atoms with Crippen LogP contribution in [-0.2, 0) is 32.7 Å². The van der Waals surface area contributed by atoms with Gasteiger partial charge >= 0.3 is 19.7 Å². The maximum Gasteiger partial charge on any atom is 0.402 e. The zero-order chi connectivity index (χ0) is 21.5. The Bertz CT molecular complexity index is 499. The van der Waals surface area contributed by atoms with E-state index < -0.39 is 43.0 Å². The Balaban J connectivity index is 4.19. The fourth-order valence-electron chi connectivity index (χ4n) is 1.64. The van der Waals surface area contributed by atoms with Crippen molar-refractivity contribution in [3.8, 4) is 0 Å². The van der Waals surface area contributed by atoms with Crippen LogP contribution in [0.1, 0.15) is 54.4 Å². The Morgan fingerprint density at radius 2 is 1.11 bits per heavy atom. The fraction of sp³-hybridized carbons (Fsp3) is 0.875. The predicted octanol–water partition coefficient (Wildman–Crippen LogP) is 1.20. The lowest BCUT2D eigenvalue weighted by Gasteiger charge is -2.23. The fourth-order valence-corrected chi connectivity index (χ4v) is 2.44. The summed E-state index contributed by atoms with van der Waals surface area (Å²) < 4.78 is 32.2. The molecule has 0 saturated heterocycles. The summed E-state index contributed by atoms with van der Waals surface area (Å²) in [6, 6.07) is -1.88. The first-order valence-electron chi connectivity index (χ1n) is 8.67. The molecule has 2 atom stereocenters. The van der Waals surface area contributed by atoms with Crippen molar-refractivity contribution in [2.75, 3.05) is 13.2 Å². The molecular formula is C16H34N3O7P. The highest BCUT2D eigenvalue weighted by Crippen LogP contribution is 2.39. The summed E-state index contributed by atoms with van der Waals surface area (Å²) >= 11 is 0. The largest absolute Gasteiger partial charge is 0.459 e. The highest BCUT2D eigenvalue weighted by molar-refractivity contribution is 7.51. The second kappa shape index (κ2) is 10.5. The number of esters is 2. The first kappa shape index (κ1) is 26.0. The first-order valence-corrected chi connectivity index (χ1v) is 10.3. The number of carbonyl (C=O) groups excluding carboxylic acids is 2. The Morgan fingerprint density at radius 1 is 0.815 bits per heavy atom. The Kier molecular flexibility index (Phi) is 10.1. The smallest absolute Gasteiger partial charge is 0.402 e. The number of hydrogen-bond donors (Lipinski definition) is 3. The van der Waals surface area contributed by atoms with Crippen LogP contribution in [-0.4, -0.2) is 48.4 Å². The van der Waals surface area contributed by atoms with E-state index in [4.69, 9.17) is 35.5 Å². The van der Waals surface area contributed by atoms with Crippen LogP contribution < -0.4 is 17.0 Å². The Hall–Kier alpha value is -1.03. The van der Waals surface area contributed by atoms with E-state index in [2.05, 4.69) is 0 Å². The summed E-state index contributed by atoms with van der Waals surface area (Å²) in [5, 5.41) is 0. The van der Waals surface area contributed by atoms with Crippen LogP contribution in [0.15, 0.2) is 0 Å². The minimum absolute atomic E-state index is 0.0525. The van der Waals surface area contributed by atoms with Gasteiger partial charge in [-0.15, -0.1) is 0 Å². The molecule has 0 aliphatic heterocycles. The normalized spacial score (nSPS) is 16.9. The molecule has 0 rings (SSSR count). The van der Waals surface area contributed by atoms with Crippen LogP contribution in [0.5, 0.6) is 0 Å². The van der Waals surface area contributed by atoms with Gasteiger partial charge in [-0.3, -0.25) is 18.6 Å². The topological polar surface area (TPSA) is 166 Å². The first-order chi connectivity index (χ1) is 12.0. The highest BCUT2D eigenvalue weighted by Gasteiger charge is 2.26. The van der Waals surface area contributed by atoms with Crippen molar-refractivity contribution < 1.29 is 32.7 Å². The summed E-state index contributed by atoms with van der Waals surface area (Å²) in [7, 11) is -3.86. The van der Waals surface area contributed by atoms with Crippen molar-refractivity contribution in [2.45, 2.75) is 77.7 Å². The van der Waals surface area contributed by atoms with Crippen LogP contribution in [0.25, 0.3) is 0 Å². The maximum absolute atomic E-state index is 12.0. The minimum atomic E-state index is -3.86. The second-order valence-corrected chi connectivity index (χ2v) is 9.66. The number of hydrogen-bond acceptors (Lipinski definition) is 9. The maximum atomic E-state index is 12.0. The molecular weight excluding hydrogens is 377 g/mol. The van der Waals surface area contributed by atoms with Crippen molar-refractivity contribution in [1.82, 2.24) is 0 Å². The molecule has 0 amide bonds. The van der Waals surface area contributed by atoms with E-state index in [-0.39, 0.29) is 26.1 Å². The lowest BCUT2D eigenvalue weighted by molar-refractivity contribution is -0.157. The third-order valence-electron chi connectivity index (χ3n) is 2.82. The van der Waals surface area contributed by atoms with Crippen molar-refractivity contribution in [2.24, 2.45) is 17.0 Å². The summed E-state index contributed by atoms with van der Waals surface area (Å²) in [6.07, 6.45) is 0.105. The molecule has 0 aromatic rings. The zero-order valence-corrected chi connectivity index (χ0v) is 17.9. The van der Waals surface area contributed by atoms with E-state index in [1.807, 2.05) is 0 Å². The molecule has 0 aliphatic carbocycles. The van der Waals surface area contributed by atoms with Crippen molar-refractivity contribution in [3.63, 3.8) is 0 Å². The van der Waals surface area contributed by atoms with E-state index in [9.17, 15) is 14.2 Å². The van der Waals surface area contributed by atoms with Crippen LogP contribution in [0, 0.1) is 0 Å². The molecule has 10 nitrogen and oxygen atoms in total. The van der Waals surface area contributed by atoms with Gasteiger partial charge in [-0.25, -0.2) is 10.1 Å². The van der Waals surface area contributed by atoms with Gasteiger partial charge in [-0.05, 0) is 54.4 Å². The third kappa shape index (κ3) is 13.7. The van der Waals surface area contributed by atoms with Gasteiger partial charge < -0.3 is 20.9 Å². The van der Waals surface area contributed by atoms with Crippen molar-refractivity contribution in [1.29, 1.82) is 0 Å². The van der Waals surface area contributed by atoms with Crippen LogP contribution in [0.4, 0.5) is 0 Å². The molecule has 0 heterocycles. The van der Waals surface area contributed by atoms with Gasteiger partial charge in [0, 0.05) is 0 Å². The molecule has 2 unspecified atom stereocenters. The minimum Gasteiger partial charge on any atom is -0.459 e. The molecule has 0 radical (unpaired) electrons. The van der Waals surface area contributed by atoms with Gasteiger partial charge in [0.05, 0.1) is 13.2 Å². The molecule has 0 aromatic carbocycles. The number of carbonyl (C=O) groups is 2. The summed E-state index contributed by atoms with van der Waals surface area (Å²) in [5.41, 5.74) is 15.5. The van der Waals surface area contributed by atoms with Crippen LogP contribution in [0.3, 0.4) is 0 Å². The quantitative estimate of drug-likeness (QED) is 0.351. The molecule has 0 saturated carbocycles. The molecule has 0 aromatic heterocycles. The molecule has 0 spiro atoms. The molecule has 27 heavy (non-hydrogen) atoms. The number of nitrogens with two attached hydrogens (primary N) is 3.